The van der Waals surface area contributed by atoms with Crippen LogP contribution in [-0.2, 0) is 4.74 Å². The van der Waals surface area contributed by atoms with Crippen LogP contribution in [-0.4, -0.2) is 43.4 Å². The molecule has 34 heavy (non-hydrogen) atoms. The first kappa shape index (κ1) is 25.0. The lowest BCUT2D eigenvalue weighted by molar-refractivity contribution is 0.161. The molecular weight excluding hydrogens is 420 g/mol. The average Bonchev–Trinajstić information content (AvgIpc) is 3.68. The molecular formula is C29H44N4O. The zero-order valence-electron chi connectivity index (χ0n) is 21.6. The van der Waals surface area contributed by atoms with Crippen molar-refractivity contribution in [3.8, 4) is 11.1 Å². The predicted octanol–water partition coefficient (Wildman–Crippen LogP) is 6.43. The van der Waals surface area contributed by atoms with Crippen LogP contribution in [0, 0.1) is 5.92 Å². The van der Waals surface area contributed by atoms with E-state index in [1.165, 1.54) is 60.9 Å². The normalized spacial score (nSPS) is 22.2. The summed E-state index contributed by atoms with van der Waals surface area (Å²) in [5, 5.41) is 11.1. The van der Waals surface area contributed by atoms with Gasteiger partial charge in [0.05, 0.1) is 6.61 Å². The van der Waals surface area contributed by atoms with Gasteiger partial charge in [-0.1, -0.05) is 26.0 Å². The van der Waals surface area contributed by atoms with Crippen molar-refractivity contribution >= 4 is 11.5 Å². The molecule has 2 unspecified atom stereocenters. The third-order valence-corrected chi connectivity index (χ3v) is 7.56. The second-order valence-electron chi connectivity index (χ2n) is 10.6. The lowest BCUT2D eigenvalue weighted by Gasteiger charge is -2.32. The van der Waals surface area contributed by atoms with E-state index in [-0.39, 0.29) is 0 Å². The monoisotopic (exact) mass is 464 g/mol. The Kier molecular flexibility index (Phi) is 8.85. The summed E-state index contributed by atoms with van der Waals surface area (Å²) in [6.07, 6.45) is 10.7. The second kappa shape index (κ2) is 12.0. The third kappa shape index (κ3) is 6.96. The topological polar surface area (TPSA) is 58.2 Å². The lowest BCUT2D eigenvalue weighted by atomic mass is 9.90. The Morgan fingerprint density at radius 2 is 1.79 bits per heavy atom. The van der Waals surface area contributed by atoms with Gasteiger partial charge in [-0.15, -0.1) is 0 Å². The fourth-order valence-corrected chi connectivity index (χ4v) is 5.10. The van der Waals surface area contributed by atoms with E-state index in [9.17, 15) is 0 Å². The van der Waals surface area contributed by atoms with Crippen molar-refractivity contribution in [2.75, 3.05) is 30.9 Å². The zero-order chi connectivity index (χ0) is 23.9. The molecule has 1 aromatic heterocycles. The van der Waals surface area contributed by atoms with Crippen molar-refractivity contribution in [1.29, 1.82) is 0 Å². The number of rotatable bonds is 12. The van der Waals surface area contributed by atoms with Gasteiger partial charge < -0.3 is 20.7 Å². The first-order chi connectivity index (χ1) is 16.6. The van der Waals surface area contributed by atoms with Gasteiger partial charge in [0, 0.05) is 43.7 Å². The van der Waals surface area contributed by atoms with Crippen LogP contribution in [0.25, 0.3) is 11.1 Å². The second-order valence-corrected chi connectivity index (χ2v) is 10.6. The van der Waals surface area contributed by atoms with Gasteiger partial charge in [0.2, 0.25) is 0 Å². The van der Waals surface area contributed by atoms with Gasteiger partial charge in [-0.05, 0) is 98.6 Å². The van der Waals surface area contributed by atoms with Crippen LogP contribution in [0.15, 0.2) is 36.5 Å². The molecule has 0 radical (unpaired) electrons. The Morgan fingerprint density at radius 1 is 1.03 bits per heavy atom. The number of methoxy groups -OCH3 is 1. The van der Waals surface area contributed by atoms with Crippen LogP contribution < -0.4 is 16.0 Å². The molecule has 2 aliphatic rings. The van der Waals surface area contributed by atoms with Crippen molar-refractivity contribution in [3.05, 3.63) is 42.1 Å². The Labute approximate surface area is 206 Å². The highest BCUT2D eigenvalue weighted by Gasteiger charge is 2.23. The number of anilines is 2. The molecule has 4 rings (SSSR count). The Balaban J connectivity index is 1.44. The molecule has 5 nitrogen and oxygen atoms in total. The number of aromatic nitrogens is 1. The molecule has 1 heterocycles. The molecule has 3 N–H and O–H groups in total. The number of nitrogens with zero attached hydrogens (tertiary/aromatic N) is 1. The predicted molar refractivity (Wildman–Crippen MR) is 144 cm³/mol. The summed E-state index contributed by atoms with van der Waals surface area (Å²) in [4.78, 5) is 4.85. The van der Waals surface area contributed by atoms with E-state index in [1.807, 2.05) is 0 Å². The minimum absolute atomic E-state index is 0.409. The van der Waals surface area contributed by atoms with Crippen LogP contribution in [0.5, 0.6) is 0 Å². The Bertz CT molecular complexity index is 905. The van der Waals surface area contributed by atoms with E-state index in [2.05, 4.69) is 73.3 Å². The van der Waals surface area contributed by atoms with Gasteiger partial charge in [0.1, 0.15) is 5.82 Å². The van der Waals surface area contributed by atoms with Crippen molar-refractivity contribution in [2.45, 2.75) is 89.8 Å². The number of ether oxygens (including phenoxy) is 1. The zero-order valence-corrected chi connectivity index (χ0v) is 21.6. The summed E-state index contributed by atoms with van der Waals surface area (Å²) >= 11 is 0. The summed E-state index contributed by atoms with van der Waals surface area (Å²) in [7, 11) is 1.77. The van der Waals surface area contributed by atoms with Gasteiger partial charge in [0.15, 0.2) is 0 Å². The van der Waals surface area contributed by atoms with E-state index < -0.39 is 0 Å². The molecule has 0 bridgehead atoms. The summed E-state index contributed by atoms with van der Waals surface area (Å²) in [5.41, 5.74) is 5.15. The van der Waals surface area contributed by atoms with Crippen LogP contribution in [0.3, 0.4) is 0 Å². The van der Waals surface area contributed by atoms with Gasteiger partial charge in [-0.3, -0.25) is 0 Å². The molecule has 2 fully saturated rings. The largest absolute Gasteiger partial charge is 0.385 e. The first-order valence-corrected chi connectivity index (χ1v) is 13.4. The number of nitrogens with one attached hydrogen (secondary N) is 3. The van der Waals surface area contributed by atoms with E-state index in [4.69, 9.17) is 9.72 Å². The van der Waals surface area contributed by atoms with Crippen LogP contribution in [0.2, 0.25) is 0 Å². The van der Waals surface area contributed by atoms with Gasteiger partial charge in [0.25, 0.3) is 0 Å². The highest BCUT2D eigenvalue weighted by atomic mass is 16.5. The van der Waals surface area contributed by atoms with Crippen LogP contribution in [0.4, 0.5) is 11.5 Å². The minimum Gasteiger partial charge on any atom is -0.385 e. The van der Waals surface area contributed by atoms with Crippen molar-refractivity contribution in [1.82, 2.24) is 10.3 Å². The smallest absolute Gasteiger partial charge is 0.126 e. The Hall–Kier alpha value is -2.11. The number of hydrogen-bond donors (Lipinski definition) is 3. The van der Waals surface area contributed by atoms with Crippen LogP contribution in [0.1, 0.15) is 77.2 Å². The highest BCUT2D eigenvalue weighted by molar-refractivity contribution is 5.73. The summed E-state index contributed by atoms with van der Waals surface area (Å²) in [6, 6.07) is 12.7. The number of benzene rings is 1. The average molecular weight is 465 g/mol. The van der Waals surface area contributed by atoms with Crippen molar-refractivity contribution < 1.29 is 4.74 Å². The minimum atomic E-state index is 0.409. The first-order valence-electron chi connectivity index (χ1n) is 13.4. The van der Waals surface area contributed by atoms with E-state index in [0.717, 1.165) is 31.3 Å². The molecule has 0 saturated heterocycles. The van der Waals surface area contributed by atoms with Crippen LogP contribution >= 0.6 is 0 Å². The quantitative estimate of drug-likeness (QED) is 0.338. The van der Waals surface area contributed by atoms with Crippen molar-refractivity contribution in [2.24, 2.45) is 5.92 Å². The fraction of sp³-hybridized carbons (Fsp3) is 0.621. The fourth-order valence-electron chi connectivity index (χ4n) is 5.10. The Morgan fingerprint density at radius 3 is 2.50 bits per heavy atom. The van der Waals surface area contributed by atoms with E-state index in [0.29, 0.717) is 24.0 Å². The molecule has 5 heteroatoms. The molecule has 2 aromatic rings. The lowest BCUT2D eigenvalue weighted by Crippen LogP contribution is -2.42. The van der Waals surface area contributed by atoms with E-state index >= 15 is 0 Å². The summed E-state index contributed by atoms with van der Waals surface area (Å²) in [5.74, 6) is 2.35. The SMILES string of the molecule is CCC(C)c1cnc(NC2CCC(NC(C)COC)CC2)cc1-c1cccc(NCC2CC2)c1. The molecule has 0 amide bonds. The van der Waals surface area contributed by atoms with Gasteiger partial charge >= 0.3 is 0 Å². The molecule has 2 aliphatic carbocycles. The summed E-state index contributed by atoms with van der Waals surface area (Å²) in [6.45, 7) is 8.63. The molecule has 0 spiro atoms. The van der Waals surface area contributed by atoms with Gasteiger partial charge in [-0.25, -0.2) is 4.98 Å². The molecule has 1 aromatic carbocycles. The maximum atomic E-state index is 5.27. The molecule has 0 aliphatic heterocycles. The van der Waals surface area contributed by atoms with Crippen molar-refractivity contribution in [3.63, 3.8) is 0 Å². The van der Waals surface area contributed by atoms with Gasteiger partial charge in [-0.2, -0.15) is 0 Å². The number of pyridine rings is 1. The standard InChI is InChI=1S/C29H44N4O/c1-5-20(2)28-18-31-29(33-25-13-11-24(12-14-25)32-21(3)19-34-4)16-27(28)23-7-6-8-26(15-23)30-17-22-9-10-22/h6-8,15-16,18,20-22,24-25,30,32H,5,9-14,17,19H2,1-4H3,(H,31,33). The number of hydrogen-bond acceptors (Lipinski definition) is 5. The molecule has 186 valence electrons. The third-order valence-electron chi connectivity index (χ3n) is 7.56. The maximum Gasteiger partial charge on any atom is 0.126 e. The van der Waals surface area contributed by atoms with E-state index in [1.54, 1.807) is 7.11 Å². The summed E-state index contributed by atoms with van der Waals surface area (Å²) < 4.78 is 5.27. The highest BCUT2D eigenvalue weighted by Crippen LogP contribution is 2.35. The molecule has 2 saturated carbocycles. The maximum absolute atomic E-state index is 5.27. The molecule has 2 atom stereocenters.